The van der Waals surface area contributed by atoms with Crippen molar-refractivity contribution in [1.82, 2.24) is 4.98 Å². The highest BCUT2D eigenvalue weighted by atomic mass is 32.1. The molecule has 0 aliphatic carbocycles. The Morgan fingerprint density at radius 1 is 1.29 bits per heavy atom. The summed E-state index contributed by atoms with van der Waals surface area (Å²) in [4.78, 5) is 5.62. The first-order valence-electron chi connectivity index (χ1n) is 4.44. The summed E-state index contributed by atoms with van der Waals surface area (Å²) in [6.07, 6.45) is 0. The first-order chi connectivity index (χ1) is 6.77. The largest absolute Gasteiger partial charge is 0.253 e. The lowest BCUT2D eigenvalue weighted by Crippen LogP contribution is -1.89. The minimum absolute atomic E-state index is 0.965. The van der Waals surface area contributed by atoms with E-state index in [0.717, 1.165) is 17.0 Å². The fraction of sp³-hybridized carbons (Fsp3) is 0.0833. The molecule has 2 aromatic heterocycles. The monoisotopic (exact) mass is 201 g/mol. The van der Waals surface area contributed by atoms with Crippen molar-refractivity contribution in [2.45, 2.75) is 6.92 Å². The van der Waals surface area contributed by atoms with E-state index in [2.05, 4.69) is 23.0 Å². The summed E-state index contributed by atoms with van der Waals surface area (Å²) in [7, 11) is 0. The maximum Gasteiger partial charge on any atom is 0.0713 e. The molecule has 2 heteroatoms. The second-order valence-electron chi connectivity index (χ2n) is 3.12. The summed E-state index contributed by atoms with van der Waals surface area (Å²) >= 11 is 1.69. The van der Waals surface area contributed by atoms with Crippen molar-refractivity contribution in [1.29, 1.82) is 0 Å². The predicted octanol–water partition coefficient (Wildman–Crippen LogP) is 3.51. The smallest absolute Gasteiger partial charge is 0.0713 e. The predicted molar refractivity (Wildman–Crippen MR) is 61.4 cm³/mol. The number of aryl methyl sites for hydroxylation is 1. The van der Waals surface area contributed by atoms with Gasteiger partial charge in [0.2, 0.25) is 0 Å². The van der Waals surface area contributed by atoms with Crippen molar-refractivity contribution in [3.63, 3.8) is 0 Å². The van der Waals surface area contributed by atoms with Gasteiger partial charge < -0.3 is 0 Å². The molecule has 0 saturated carbocycles. The van der Waals surface area contributed by atoms with Gasteiger partial charge in [-0.1, -0.05) is 18.7 Å². The number of aromatic nitrogens is 1. The van der Waals surface area contributed by atoms with Crippen LogP contribution in [0.25, 0.3) is 5.57 Å². The van der Waals surface area contributed by atoms with E-state index in [-0.39, 0.29) is 0 Å². The number of rotatable bonds is 2. The number of pyridine rings is 1. The summed E-state index contributed by atoms with van der Waals surface area (Å²) in [6.45, 7) is 6.05. The number of thiophene rings is 1. The standard InChI is InChI=1S/C12H11NS/c1-9-5-3-6-11(13-9)10(2)12-7-4-8-14-12/h3-8H,2H2,1H3. The number of hydrogen-bond acceptors (Lipinski definition) is 2. The Kier molecular flexibility index (Phi) is 2.46. The van der Waals surface area contributed by atoms with Crippen LogP contribution in [0.15, 0.2) is 42.3 Å². The highest BCUT2D eigenvalue weighted by molar-refractivity contribution is 7.11. The fourth-order valence-electron chi connectivity index (χ4n) is 1.29. The molecule has 2 aromatic rings. The van der Waals surface area contributed by atoms with Crippen LogP contribution in [0, 0.1) is 6.92 Å². The molecule has 0 aromatic carbocycles. The topological polar surface area (TPSA) is 12.9 Å². The van der Waals surface area contributed by atoms with E-state index in [1.165, 1.54) is 4.88 Å². The van der Waals surface area contributed by atoms with Gasteiger partial charge in [-0.25, -0.2) is 0 Å². The van der Waals surface area contributed by atoms with Gasteiger partial charge >= 0.3 is 0 Å². The van der Waals surface area contributed by atoms with Crippen molar-refractivity contribution < 1.29 is 0 Å². The van der Waals surface area contributed by atoms with Gasteiger partial charge in [-0.2, -0.15) is 0 Å². The van der Waals surface area contributed by atoms with E-state index in [1.807, 2.05) is 31.2 Å². The van der Waals surface area contributed by atoms with Crippen LogP contribution >= 0.6 is 11.3 Å². The van der Waals surface area contributed by atoms with E-state index in [0.29, 0.717) is 0 Å². The molecule has 0 aliphatic rings. The van der Waals surface area contributed by atoms with Crippen LogP contribution in [0.4, 0.5) is 0 Å². The van der Waals surface area contributed by atoms with Crippen molar-refractivity contribution in [3.8, 4) is 0 Å². The first-order valence-corrected chi connectivity index (χ1v) is 5.32. The molecule has 2 rings (SSSR count). The molecule has 0 aliphatic heterocycles. The van der Waals surface area contributed by atoms with Crippen molar-refractivity contribution in [2.75, 3.05) is 0 Å². The molecule has 0 fully saturated rings. The van der Waals surface area contributed by atoms with E-state index >= 15 is 0 Å². The Labute approximate surface area is 87.8 Å². The van der Waals surface area contributed by atoms with Gasteiger partial charge in [-0.15, -0.1) is 11.3 Å². The molecule has 2 heterocycles. The molecule has 0 unspecified atom stereocenters. The molecular weight excluding hydrogens is 190 g/mol. The van der Waals surface area contributed by atoms with Crippen LogP contribution in [-0.2, 0) is 0 Å². The Bertz CT molecular complexity index is 443. The van der Waals surface area contributed by atoms with Gasteiger partial charge in [-0.05, 0) is 30.5 Å². The number of nitrogens with zero attached hydrogens (tertiary/aromatic N) is 1. The fourth-order valence-corrected chi connectivity index (χ4v) is 2.00. The molecule has 0 saturated heterocycles. The van der Waals surface area contributed by atoms with E-state index in [4.69, 9.17) is 0 Å². The molecule has 0 atom stereocenters. The lowest BCUT2D eigenvalue weighted by Gasteiger charge is -2.02. The summed E-state index contributed by atoms with van der Waals surface area (Å²) in [5.74, 6) is 0. The van der Waals surface area contributed by atoms with Gasteiger partial charge in [-0.3, -0.25) is 4.98 Å². The lowest BCUT2D eigenvalue weighted by molar-refractivity contribution is 1.17. The summed E-state index contributed by atoms with van der Waals surface area (Å²) in [6, 6.07) is 10.1. The first kappa shape index (κ1) is 9.16. The van der Waals surface area contributed by atoms with E-state index in [1.54, 1.807) is 11.3 Å². The third-order valence-corrected chi connectivity index (χ3v) is 2.95. The molecular formula is C12H11NS. The van der Waals surface area contributed by atoms with E-state index < -0.39 is 0 Å². The third-order valence-electron chi connectivity index (χ3n) is 2.02. The second-order valence-corrected chi connectivity index (χ2v) is 4.07. The van der Waals surface area contributed by atoms with Crippen molar-refractivity contribution in [3.05, 3.63) is 58.6 Å². The molecule has 14 heavy (non-hydrogen) atoms. The molecule has 0 spiro atoms. The Hall–Kier alpha value is -1.41. The second kappa shape index (κ2) is 3.76. The normalized spacial score (nSPS) is 10.1. The third kappa shape index (κ3) is 1.75. The van der Waals surface area contributed by atoms with Gasteiger partial charge in [0.15, 0.2) is 0 Å². The van der Waals surface area contributed by atoms with Crippen molar-refractivity contribution in [2.24, 2.45) is 0 Å². The lowest BCUT2D eigenvalue weighted by atomic mass is 10.1. The minimum Gasteiger partial charge on any atom is -0.253 e. The summed E-state index contributed by atoms with van der Waals surface area (Å²) in [5.41, 5.74) is 3.00. The van der Waals surface area contributed by atoms with Crippen LogP contribution in [0.5, 0.6) is 0 Å². The van der Waals surface area contributed by atoms with Crippen LogP contribution in [0.3, 0.4) is 0 Å². The zero-order valence-corrected chi connectivity index (χ0v) is 8.84. The average molecular weight is 201 g/mol. The maximum absolute atomic E-state index is 4.44. The van der Waals surface area contributed by atoms with Crippen LogP contribution in [0.1, 0.15) is 16.3 Å². The molecule has 70 valence electrons. The van der Waals surface area contributed by atoms with Crippen molar-refractivity contribution >= 4 is 16.9 Å². The molecule has 0 radical (unpaired) electrons. The summed E-state index contributed by atoms with van der Waals surface area (Å²) < 4.78 is 0. The Balaban J connectivity index is 2.37. The number of hydrogen-bond donors (Lipinski definition) is 0. The Morgan fingerprint density at radius 3 is 2.79 bits per heavy atom. The zero-order chi connectivity index (χ0) is 9.97. The van der Waals surface area contributed by atoms with Crippen LogP contribution in [0.2, 0.25) is 0 Å². The molecule has 1 nitrogen and oxygen atoms in total. The van der Waals surface area contributed by atoms with Gasteiger partial charge in [0, 0.05) is 16.1 Å². The summed E-state index contributed by atoms with van der Waals surface area (Å²) in [5, 5.41) is 2.05. The average Bonchev–Trinajstić information content (AvgIpc) is 2.69. The van der Waals surface area contributed by atoms with Crippen LogP contribution < -0.4 is 0 Å². The highest BCUT2D eigenvalue weighted by Gasteiger charge is 2.03. The quantitative estimate of drug-likeness (QED) is 0.724. The highest BCUT2D eigenvalue weighted by Crippen LogP contribution is 2.23. The van der Waals surface area contributed by atoms with Gasteiger partial charge in [0.05, 0.1) is 5.69 Å². The maximum atomic E-state index is 4.44. The minimum atomic E-state index is 0.965. The van der Waals surface area contributed by atoms with Gasteiger partial charge in [0.25, 0.3) is 0 Å². The SMILES string of the molecule is C=C(c1cccc(C)n1)c1cccs1. The zero-order valence-electron chi connectivity index (χ0n) is 8.03. The Morgan fingerprint density at radius 2 is 2.14 bits per heavy atom. The molecule has 0 N–H and O–H groups in total. The molecule has 0 amide bonds. The van der Waals surface area contributed by atoms with Crippen LogP contribution in [-0.4, -0.2) is 4.98 Å². The van der Waals surface area contributed by atoms with E-state index in [9.17, 15) is 0 Å². The molecule has 0 bridgehead atoms. The van der Waals surface area contributed by atoms with Gasteiger partial charge in [0.1, 0.15) is 0 Å².